The fourth-order valence-electron chi connectivity index (χ4n) is 2.67. The maximum absolute atomic E-state index is 12.7. The zero-order chi connectivity index (χ0) is 16.4. The van der Waals surface area contributed by atoms with E-state index in [0.29, 0.717) is 23.1 Å². The van der Waals surface area contributed by atoms with Crippen molar-refractivity contribution < 1.29 is 14.3 Å². The minimum atomic E-state index is -0.323. The summed E-state index contributed by atoms with van der Waals surface area (Å²) in [6.07, 6.45) is 0.684. The van der Waals surface area contributed by atoms with E-state index >= 15 is 0 Å². The fraction of sp³-hybridized carbons (Fsp3) is 0.235. The van der Waals surface area contributed by atoms with Crippen molar-refractivity contribution in [2.45, 2.75) is 12.5 Å². The molecule has 1 amide bonds. The van der Waals surface area contributed by atoms with Crippen LogP contribution in [0.2, 0.25) is 10.0 Å². The van der Waals surface area contributed by atoms with Gasteiger partial charge in [0.2, 0.25) is 0 Å². The SMILES string of the molecule is COc1c(Cl)ccc(Cl)c1C(=O)NC1CCOc2ccccc21. The van der Waals surface area contributed by atoms with E-state index in [-0.39, 0.29) is 23.3 Å². The molecule has 1 heterocycles. The molecule has 6 heteroatoms. The van der Waals surface area contributed by atoms with E-state index in [2.05, 4.69) is 5.32 Å². The van der Waals surface area contributed by atoms with Gasteiger partial charge in [-0.15, -0.1) is 0 Å². The van der Waals surface area contributed by atoms with Crippen LogP contribution in [0.1, 0.15) is 28.4 Å². The Labute approximate surface area is 144 Å². The molecular formula is C17H15Cl2NO3. The van der Waals surface area contributed by atoms with Gasteiger partial charge in [0.05, 0.1) is 29.8 Å². The van der Waals surface area contributed by atoms with Crippen LogP contribution in [0.15, 0.2) is 36.4 Å². The largest absolute Gasteiger partial charge is 0.494 e. The molecule has 0 spiro atoms. The third-order valence-electron chi connectivity index (χ3n) is 3.75. The maximum atomic E-state index is 12.7. The van der Waals surface area contributed by atoms with Crippen LogP contribution in [0.5, 0.6) is 11.5 Å². The molecule has 0 saturated carbocycles. The Morgan fingerprint density at radius 1 is 1.22 bits per heavy atom. The Kier molecular flexibility index (Phi) is 4.64. The average molecular weight is 352 g/mol. The lowest BCUT2D eigenvalue weighted by Gasteiger charge is -2.27. The standard InChI is InChI=1S/C17H15Cl2NO3/c1-22-16-12(19)7-6-11(18)15(16)17(21)20-13-8-9-23-14-5-3-2-4-10(13)14/h2-7,13H,8-9H2,1H3,(H,20,21). The van der Waals surface area contributed by atoms with E-state index in [4.69, 9.17) is 32.7 Å². The van der Waals surface area contributed by atoms with E-state index < -0.39 is 0 Å². The van der Waals surface area contributed by atoms with Gasteiger partial charge in [0.25, 0.3) is 5.91 Å². The summed E-state index contributed by atoms with van der Waals surface area (Å²) in [4.78, 5) is 12.7. The van der Waals surface area contributed by atoms with Gasteiger partial charge >= 0.3 is 0 Å². The second-order valence-corrected chi connectivity index (χ2v) is 5.95. The number of hydrogen-bond donors (Lipinski definition) is 1. The lowest BCUT2D eigenvalue weighted by Crippen LogP contribution is -2.32. The molecule has 2 aromatic carbocycles. The van der Waals surface area contributed by atoms with Crippen LogP contribution < -0.4 is 14.8 Å². The summed E-state index contributed by atoms with van der Waals surface area (Å²) in [6.45, 7) is 0.544. The monoisotopic (exact) mass is 351 g/mol. The first-order chi connectivity index (χ1) is 11.1. The van der Waals surface area contributed by atoms with Crippen molar-refractivity contribution in [2.75, 3.05) is 13.7 Å². The van der Waals surface area contributed by atoms with Crippen molar-refractivity contribution in [2.24, 2.45) is 0 Å². The molecule has 1 aliphatic rings. The minimum absolute atomic E-state index is 0.146. The highest BCUT2D eigenvalue weighted by Gasteiger charge is 2.26. The van der Waals surface area contributed by atoms with Gasteiger partial charge in [0.1, 0.15) is 11.3 Å². The number of methoxy groups -OCH3 is 1. The lowest BCUT2D eigenvalue weighted by atomic mass is 10.00. The highest BCUT2D eigenvalue weighted by atomic mass is 35.5. The zero-order valence-electron chi connectivity index (χ0n) is 12.4. The van der Waals surface area contributed by atoms with Gasteiger partial charge in [-0.2, -0.15) is 0 Å². The maximum Gasteiger partial charge on any atom is 0.257 e. The molecule has 0 bridgehead atoms. The predicted molar refractivity (Wildman–Crippen MR) is 89.8 cm³/mol. The number of benzene rings is 2. The first-order valence-corrected chi connectivity index (χ1v) is 7.92. The number of ether oxygens (including phenoxy) is 2. The molecule has 0 aliphatic carbocycles. The van der Waals surface area contributed by atoms with Crippen molar-refractivity contribution in [3.63, 3.8) is 0 Å². The van der Waals surface area contributed by atoms with Gasteiger partial charge < -0.3 is 14.8 Å². The summed E-state index contributed by atoms with van der Waals surface area (Å²) in [5, 5.41) is 3.63. The van der Waals surface area contributed by atoms with Crippen molar-refractivity contribution in [3.05, 3.63) is 57.6 Å². The molecule has 0 saturated heterocycles. The molecule has 0 fully saturated rings. The number of para-hydroxylation sites is 1. The van der Waals surface area contributed by atoms with Gasteiger partial charge in [-0.3, -0.25) is 4.79 Å². The fourth-order valence-corrected chi connectivity index (χ4v) is 3.14. The summed E-state index contributed by atoms with van der Waals surface area (Å²) in [5.41, 5.74) is 1.19. The molecule has 1 aliphatic heterocycles. The van der Waals surface area contributed by atoms with Crippen molar-refractivity contribution in [3.8, 4) is 11.5 Å². The summed E-state index contributed by atoms with van der Waals surface area (Å²) in [6, 6.07) is 10.7. The van der Waals surface area contributed by atoms with Crippen molar-refractivity contribution in [1.29, 1.82) is 0 Å². The second kappa shape index (κ2) is 6.69. The van der Waals surface area contributed by atoms with Crippen LogP contribution in [0.25, 0.3) is 0 Å². The van der Waals surface area contributed by atoms with Crippen molar-refractivity contribution >= 4 is 29.1 Å². The number of carbonyl (C=O) groups is 1. The van der Waals surface area contributed by atoms with Crippen LogP contribution in [0.4, 0.5) is 0 Å². The summed E-state index contributed by atoms with van der Waals surface area (Å²) in [7, 11) is 1.46. The van der Waals surface area contributed by atoms with E-state index in [1.807, 2.05) is 24.3 Å². The summed E-state index contributed by atoms with van der Waals surface area (Å²) in [5.74, 6) is 0.737. The highest BCUT2D eigenvalue weighted by Crippen LogP contribution is 2.36. The molecule has 0 aromatic heterocycles. The first kappa shape index (κ1) is 16.0. The number of fused-ring (bicyclic) bond motifs is 1. The Bertz CT molecular complexity index is 749. The van der Waals surface area contributed by atoms with Gasteiger partial charge in [0.15, 0.2) is 5.75 Å². The van der Waals surface area contributed by atoms with E-state index in [0.717, 1.165) is 11.3 Å². The lowest BCUT2D eigenvalue weighted by molar-refractivity contribution is 0.0922. The Hall–Kier alpha value is -1.91. The molecular weight excluding hydrogens is 337 g/mol. The molecule has 0 radical (unpaired) electrons. The smallest absolute Gasteiger partial charge is 0.257 e. The molecule has 2 aromatic rings. The second-order valence-electron chi connectivity index (χ2n) is 5.14. The summed E-state index contributed by atoms with van der Waals surface area (Å²) >= 11 is 12.3. The first-order valence-electron chi connectivity index (χ1n) is 7.16. The number of amides is 1. The quantitative estimate of drug-likeness (QED) is 0.898. The van der Waals surface area contributed by atoms with Gasteiger partial charge in [-0.05, 0) is 18.2 Å². The Balaban J connectivity index is 1.91. The average Bonchev–Trinajstić information content (AvgIpc) is 2.57. The van der Waals surface area contributed by atoms with Gasteiger partial charge in [-0.1, -0.05) is 41.4 Å². The molecule has 1 N–H and O–H groups in total. The van der Waals surface area contributed by atoms with Gasteiger partial charge in [0, 0.05) is 12.0 Å². The number of rotatable bonds is 3. The van der Waals surface area contributed by atoms with Crippen LogP contribution in [-0.2, 0) is 0 Å². The van der Waals surface area contributed by atoms with Gasteiger partial charge in [-0.25, -0.2) is 0 Å². The van der Waals surface area contributed by atoms with E-state index in [9.17, 15) is 4.79 Å². The van der Waals surface area contributed by atoms with Crippen LogP contribution in [-0.4, -0.2) is 19.6 Å². The topological polar surface area (TPSA) is 47.6 Å². The third kappa shape index (κ3) is 3.09. The molecule has 1 unspecified atom stereocenters. The third-order valence-corrected chi connectivity index (χ3v) is 4.37. The van der Waals surface area contributed by atoms with Crippen LogP contribution in [0.3, 0.4) is 0 Å². The molecule has 4 nitrogen and oxygen atoms in total. The van der Waals surface area contributed by atoms with E-state index in [1.54, 1.807) is 12.1 Å². The zero-order valence-corrected chi connectivity index (χ0v) is 13.9. The Morgan fingerprint density at radius 2 is 1.96 bits per heavy atom. The molecule has 23 heavy (non-hydrogen) atoms. The van der Waals surface area contributed by atoms with Crippen molar-refractivity contribution in [1.82, 2.24) is 5.32 Å². The van der Waals surface area contributed by atoms with Crippen LogP contribution >= 0.6 is 23.2 Å². The molecule has 120 valence electrons. The number of carbonyl (C=O) groups excluding carboxylic acids is 1. The van der Waals surface area contributed by atoms with Crippen LogP contribution in [0, 0.1) is 0 Å². The molecule has 1 atom stereocenters. The summed E-state index contributed by atoms with van der Waals surface area (Å²) < 4.78 is 10.8. The Morgan fingerprint density at radius 3 is 2.74 bits per heavy atom. The normalized spacial score (nSPS) is 16.2. The van der Waals surface area contributed by atoms with E-state index in [1.165, 1.54) is 7.11 Å². The predicted octanol–water partition coefficient (Wildman–Crippen LogP) is 4.26. The number of hydrogen-bond acceptors (Lipinski definition) is 3. The number of nitrogens with one attached hydrogen (secondary N) is 1. The minimum Gasteiger partial charge on any atom is -0.494 e. The highest BCUT2D eigenvalue weighted by molar-refractivity contribution is 6.37. The molecule has 3 rings (SSSR count). The number of halogens is 2.